The molecule has 1 aromatic rings. The summed E-state index contributed by atoms with van der Waals surface area (Å²) in [6.45, 7) is 5.31. The van der Waals surface area contributed by atoms with Gasteiger partial charge in [-0.3, -0.25) is 14.5 Å². The third-order valence-electron chi connectivity index (χ3n) is 5.31. The molecule has 0 spiro atoms. The van der Waals surface area contributed by atoms with E-state index in [2.05, 4.69) is 0 Å². The summed E-state index contributed by atoms with van der Waals surface area (Å²) in [6, 6.07) is 7.30. The van der Waals surface area contributed by atoms with Gasteiger partial charge in [-0.25, -0.2) is 4.79 Å². The van der Waals surface area contributed by atoms with Crippen molar-refractivity contribution in [1.82, 2.24) is 4.90 Å². The Kier molecular flexibility index (Phi) is 7.28. The predicted molar refractivity (Wildman–Crippen MR) is 103 cm³/mol. The van der Waals surface area contributed by atoms with Gasteiger partial charge in [-0.1, -0.05) is 0 Å². The van der Waals surface area contributed by atoms with Crippen molar-refractivity contribution in [3.05, 3.63) is 24.3 Å². The van der Waals surface area contributed by atoms with Crippen LogP contribution in [0.5, 0.6) is 11.5 Å². The number of carbonyl (C=O) groups is 3. The fraction of sp³-hybridized carbons (Fsp3) is 0.550. The smallest absolute Gasteiger partial charge is 0.490 e. The van der Waals surface area contributed by atoms with Crippen molar-refractivity contribution >= 4 is 17.9 Å². The minimum atomic E-state index is -5.08. The summed E-state index contributed by atoms with van der Waals surface area (Å²) < 4.78 is 43.0. The zero-order valence-corrected chi connectivity index (χ0v) is 17.4. The Balaban J connectivity index is 0.000000451. The molecule has 178 valence electrons. The first kappa shape index (κ1) is 25.2. The van der Waals surface area contributed by atoms with E-state index in [1.165, 1.54) is 0 Å². The molecular formula is C20H24F3NO8. The number of carboxylic acids is 3. The first-order valence-corrected chi connectivity index (χ1v) is 9.62. The van der Waals surface area contributed by atoms with E-state index in [4.69, 9.17) is 19.4 Å². The molecule has 0 unspecified atom stereocenters. The molecule has 0 bridgehead atoms. The molecule has 0 amide bonds. The molecule has 2 fully saturated rings. The van der Waals surface area contributed by atoms with Crippen LogP contribution in [-0.2, 0) is 14.4 Å². The van der Waals surface area contributed by atoms with Gasteiger partial charge >= 0.3 is 24.1 Å². The fourth-order valence-corrected chi connectivity index (χ4v) is 3.74. The van der Waals surface area contributed by atoms with Gasteiger partial charge < -0.3 is 24.8 Å². The first-order chi connectivity index (χ1) is 14.7. The highest BCUT2D eigenvalue weighted by atomic mass is 19.4. The average molecular weight is 463 g/mol. The summed E-state index contributed by atoms with van der Waals surface area (Å²) in [5.74, 6) is -3.32. The number of nitrogens with zero attached hydrogens (tertiary/aromatic N) is 1. The van der Waals surface area contributed by atoms with Crippen LogP contribution in [0.25, 0.3) is 0 Å². The lowest BCUT2D eigenvalue weighted by molar-refractivity contribution is -0.192. The van der Waals surface area contributed by atoms with Crippen LogP contribution in [0, 0.1) is 10.8 Å². The average Bonchev–Trinajstić information content (AvgIpc) is 3.21. The van der Waals surface area contributed by atoms with E-state index >= 15 is 0 Å². The zero-order valence-electron chi connectivity index (χ0n) is 17.4. The van der Waals surface area contributed by atoms with Gasteiger partial charge in [0.05, 0.1) is 16.9 Å². The van der Waals surface area contributed by atoms with Crippen molar-refractivity contribution in [3.63, 3.8) is 0 Å². The van der Waals surface area contributed by atoms with Gasteiger partial charge in [0.2, 0.25) is 0 Å². The summed E-state index contributed by atoms with van der Waals surface area (Å²) in [5, 5.41) is 25.9. The molecule has 0 radical (unpaired) electrons. The SMILES string of the molecule is CC(C)Oc1ccc(OCCN2C[C@@]3(C(=O)O)C[C@@]3(C(=O)O)C2)cc1.O=C(O)C(F)(F)F. The maximum absolute atomic E-state index is 11.5. The number of aliphatic carboxylic acids is 3. The largest absolute Gasteiger partial charge is 0.492 e. The molecule has 2 aliphatic rings. The van der Waals surface area contributed by atoms with E-state index in [-0.39, 0.29) is 25.6 Å². The van der Waals surface area contributed by atoms with E-state index in [9.17, 15) is 33.0 Å². The monoisotopic (exact) mass is 463 g/mol. The number of alkyl halides is 3. The number of hydrogen-bond acceptors (Lipinski definition) is 6. The second kappa shape index (κ2) is 9.23. The summed E-state index contributed by atoms with van der Waals surface area (Å²) >= 11 is 0. The second-order valence-electron chi connectivity index (χ2n) is 7.95. The molecule has 1 aliphatic carbocycles. The number of rotatable bonds is 8. The van der Waals surface area contributed by atoms with Gasteiger partial charge in [0.15, 0.2) is 0 Å². The highest BCUT2D eigenvalue weighted by molar-refractivity contribution is 5.94. The Morgan fingerprint density at radius 1 is 1.00 bits per heavy atom. The molecule has 1 heterocycles. The number of fused-ring (bicyclic) bond motifs is 1. The van der Waals surface area contributed by atoms with E-state index in [1.807, 2.05) is 43.0 Å². The number of ether oxygens (including phenoxy) is 2. The Morgan fingerprint density at radius 2 is 1.44 bits per heavy atom. The van der Waals surface area contributed by atoms with Crippen LogP contribution >= 0.6 is 0 Å². The van der Waals surface area contributed by atoms with Crippen LogP contribution in [0.15, 0.2) is 24.3 Å². The molecule has 12 heteroatoms. The van der Waals surface area contributed by atoms with Gasteiger partial charge in [-0.2, -0.15) is 13.2 Å². The number of carboxylic acid groups (broad SMARTS) is 3. The van der Waals surface area contributed by atoms with Gasteiger partial charge in [0.25, 0.3) is 0 Å². The van der Waals surface area contributed by atoms with Gasteiger partial charge in [-0.15, -0.1) is 0 Å². The molecule has 0 aromatic heterocycles. The molecule has 9 nitrogen and oxygen atoms in total. The number of likely N-dealkylation sites (tertiary alicyclic amines) is 1. The minimum absolute atomic E-state index is 0.108. The van der Waals surface area contributed by atoms with Crippen molar-refractivity contribution in [2.75, 3.05) is 26.2 Å². The van der Waals surface area contributed by atoms with Crippen LogP contribution in [0.1, 0.15) is 20.3 Å². The van der Waals surface area contributed by atoms with Crippen LogP contribution < -0.4 is 9.47 Å². The number of benzene rings is 1. The third-order valence-corrected chi connectivity index (χ3v) is 5.31. The maximum atomic E-state index is 11.5. The Hall–Kier alpha value is -3.02. The Labute approximate surface area is 181 Å². The molecule has 1 saturated heterocycles. The maximum Gasteiger partial charge on any atom is 0.490 e. The second-order valence-corrected chi connectivity index (χ2v) is 7.95. The summed E-state index contributed by atoms with van der Waals surface area (Å²) in [6.07, 6.45) is -4.75. The van der Waals surface area contributed by atoms with Crippen molar-refractivity contribution in [1.29, 1.82) is 0 Å². The van der Waals surface area contributed by atoms with Gasteiger partial charge in [-0.05, 0) is 44.5 Å². The highest BCUT2D eigenvalue weighted by Crippen LogP contribution is 2.68. The lowest BCUT2D eigenvalue weighted by Crippen LogP contribution is -2.32. The van der Waals surface area contributed by atoms with Crippen LogP contribution in [0.3, 0.4) is 0 Å². The third kappa shape index (κ3) is 5.42. The topological polar surface area (TPSA) is 134 Å². The molecule has 3 rings (SSSR count). The first-order valence-electron chi connectivity index (χ1n) is 9.62. The lowest BCUT2D eigenvalue weighted by Gasteiger charge is -2.19. The number of piperidine rings is 1. The molecule has 1 saturated carbocycles. The molecule has 1 aromatic carbocycles. The van der Waals surface area contributed by atoms with Gasteiger partial charge in [0, 0.05) is 19.6 Å². The van der Waals surface area contributed by atoms with E-state index in [0.29, 0.717) is 18.9 Å². The molecule has 3 N–H and O–H groups in total. The van der Waals surface area contributed by atoms with Crippen molar-refractivity contribution in [2.24, 2.45) is 10.8 Å². The minimum Gasteiger partial charge on any atom is -0.492 e. The number of halogens is 3. The normalized spacial score (nSPS) is 24.2. The van der Waals surface area contributed by atoms with E-state index < -0.39 is 34.9 Å². The zero-order chi connectivity index (χ0) is 24.3. The molecule has 1 aliphatic heterocycles. The fourth-order valence-electron chi connectivity index (χ4n) is 3.74. The summed E-state index contributed by atoms with van der Waals surface area (Å²) in [4.78, 5) is 33.7. The van der Waals surface area contributed by atoms with Crippen molar-refractivity contribution in [3.8, 4) is 11.5 Å². The van der Waals surface area contributed by atoms with E-state index in [0.717, 1.165) is 5.75 Å². The van der Waals surface area contributed by atoms with Crippen LogP contribution in [0.2, 0.25) is 0 Å². The van der Waals surface area contributed by atoms with Crippen LogP contribution in [0.4, 0.5) is 13.2 Å². The molecular weight excluding hydrogens is 439 g/mol. The van der Waals surface area contributed by atoms with E-state index in [1.54, 1.807) is 0 Å². The quantitative estimate of drug-likeness (QED) is 0.531. The Morgan fingerprint density at radius 3 is 1.81 bits per heavy atom. The summed E-state index contributed by atoms with van der Waals surface area (Å²) in [5.41, 5.74) is -2.26. The van der Waals surface area contributed by atoms with Gasteiger partial charge in [0.1, 0.15) is 18.1 Å². The lowest BCUT2D eigenvalue weighted by atomic mass is 9.97. The number of hydrogen-bond donors (Lipinski definition) is 3. The predicted octanol–water partition coefficient (Wildman–Crippen LogP) is 2.35. The molecule has 2 atom stereocenters. The van der Waals surface area contributed by atoms with Crippen molar-refractivity contribution < 1.29 is 52.3 Å². The Bertz CT molecular complexity index is 829. The van der Waals surface area contributed by atoms with Crippen molar-refractivity contribution in [2.45, 2.75) is 32.5 Å². The highest BCUT2D eigenvalue weighted by Gasteiger charge is 2.80. The standard InChI is InChI=1S/C18H23NO6.C2HF3O2/c1-12(2)25-14-5-3-13(4-6-14)24-8-7-19-10-17(15(20)21)9-18(17,11-19)16(22)23;3-2(4,5)1(6)7/h3-6,12H,7-11H2,1-2H3,(H,20,21)(H,22,23);(H,6,7)/t17-,18+;. The molecule has 32 heavy (non-hydrogen) atoms. The summed E-state index contributed by atoms with van der Waals surface area (Å²) in [7, 11) is 0. The van der Waals surface area contributed by atoms with Crippen LogP contribution in [-0.4, -0.2) is 76.6 Å².